The first-order chi connectivity index (χ1) is 28.8. The molecule has 0 saturated heterocycles. The summed E-state index contributed by atoms with van der Waals surface area (Å²) in [7, 11) is 0. The van der Waals surface area contributed by atoms with Crippen molar-refractivity contribution < 1.29 is 0 Å². The second-order valence-corrected chi connectivity index (χ2v) is 14.4. The lowest BCUT2D eigenvalue weighted by Gasteiger charge is -2.12. The summed E-state index contributed by atoms with van der Waals surface area (Å²) in [6.07, 6.45) is 8.73. The molecule has 8 rings (SSSR count). The number of hydrogen-bond donors (Lipinski definition) is 2. The van der Waals surface area contributed by atoms with Crippen molar-refractivity contribution in [3.05, 3.63) is 212 Å². The van der Waals surface area contributed by atoms with Crippen molar-refractivity contribution in [2.75, 3.05) is 11.5 Å². The van der Waals surface area contributed by atoms with Gasteiger partial charge in [-0.1, -0.05) is 146 Å². The van der Waals surface area contributed by atoms with E-state index in [1.54, 1.807) is 0 Å². The molecular formula is C55H48N4. The molecule has 0 bridgehead atoms. The van der Waals surface area contributed by atoms with E-state index in [1.807, 2.05) is 43.3 Å². The minimum Gasteiger partial charge on any atom is -0.399 e. The van der Waals surface area contributed by atoms with Gasteiger partial charge in [-0.15, -0.1) is 13.2 Å². The Labute approximate surface area is 348 Å². The molecule has 4 nitrogen and oxygen atoms in total. The van der Waals surface area contributed by atoms with Crippen molar-refractivity contribution >= 4 is 17.5 Å². The predicted molar refractivity (Wildman–Crippen MR) is 253 cm³/mol. The van der Waals surface area contributed by atoms with E-state index in [1.165, 1.54) is 11.1 Å². The van der Waals surface area contributed by atoms with Crippen LogP contribution in [0.4, 0.5) is 11.4 Å². The topological polar surface area (TPSA) is 77.8 Å². The van der Waals surface area contributed by atoms with E-state index in [-0.39, 0.29) is 0 Å². The Balaban J connectivity index is 0.000000997. The molecule has 4 N–H and O–H groups in total. The van der Waals surface area contributed by atoms with Crippen LogP contribution in [0.5, 0.6) is 0 Å². The normalized spacial score (nSPS) is 10.8. The van der Waals surface area contributed by atoms with E-state index in [0.29, 0.717) is 5.82 Å². The molecular weight excluding hydrogens is 717 g/mol. The van der Waals surface area contributed by atoms with Crippen LogP contribution in [0, 0.1) is 6.92 Å². The van der Waals surface area contributed by atoms with E-state index >= 15 is 0 Å². The van der Waals surface area contributed by atoms with E-state index in [4.69, 9.17) is 21.4 Å². The average molecular weight is 765 g/mol. The molecule has 0 atom stereocenters. The van der Waals surface area contributed by atoms with Crippen molar-refractivity contribution in [1.82, 2.24) is 9.97 Å². The Bertz CT molecular complexity index is 2570. The Morgan fingerprint density at radius 3 is 1.17 bits per heavy atom. The molecule has 0 unspecified atom stereocenters. The monoisotopic (exact) mass is 764 g/mol. The minimum absolute atomic E-state index is 0.693. The van der Waals surface area contributed by atoms with Crippen LogP contribution in [-0.4, -0.2) is 9.97 Å². The number of nitrogens with zero attached hydrogens (tertiary/aromatic N) is 2. The summed E-state index contributed by atoms with van der Waals surface area (Å²) < 4.78 is 0. The van der Waals surface area contributed by atoms with Crippen molar-refractivity contribution in [3.63, 3.8) is 0 Å². The molecule has 0 amide bonds. The van der Waals surface area contributed by atoms with E-state index < -0.39 is 0 Å². The highest BCUT2D eigenvalue weighted by atomic mass is 14.9. The number of anilines is 2. The van der Waals surface area contributed by atoms with Gasteiger partial charge in [-0.05, 0) is 124 Å². The summed E-state index contributed by atoms with van der Waals surface area (Å²) in [6.45, 7) is 11.1. The number of hydrogen-bond acceptors (Lipinski definition) is 4. The third-order valence-corrected chi connectivity index (χ3v) is 10.2. The fourth-order valence-electron chi connectivity index (χ4n) is 6.95. The smallest absolute Gasteiger partial charge is 0.160 e. The van der Waals surface area contributed by atoms with Gasteiger partial charge in [-0.2, -0.15) is 0 Å². The van der Waals surface area contributed by atoms with Crippen molar-refractivity contribution in [1.29, 1.82) is 0 Å². The van der Waals surface area contributed by atoms with E-state index in [9.17, 15) is 0 Å². The lowest BCUT2D eigenvalue weighted by Crippen LogP contribution is -1.97. The number of rotatable bonds is 10. The molecule has 0 aliphatic rings. The number of aromatic nitrogens is 2. The lowest BCUT2D eigenvalue weighted by atomic mass is 9.97. The fraction of sp³-hybridized carbons (Fsp3) is 0.0545. The van der Waals surface area contributed by atoms with Crippen LogP contribution >= 0.6 is 0 Å². The Morgan fingerprint density at radius 2 is 0.814 bits per heavy atom. The molecule has 0 aliphatic carbocycles. The van der Waals surface area contributed by atoms with Crippen molar-refractivity contribution in [2.45, 2.75) is 20.3 Å². The molecule has 288 valence electrons. The van der Waals surface area contributed by atoms with Crippen LogP contribution in [-0.2, 0) is 0 Å². The number of benzene rings is 7. The predicted octanol–water partition coefficient (Wildman–Crippen LogP) is 14.4. The zero-order valence-electron chi connectivity index (χ0n) is 33.6. The van der Waals surface area contributed by atoms with Crippen LogP contribution < -0.4 is 11.5 Å². The molecule has 8 aromatic rings. The molecule has 0 fully saturated rings. The zero-order chi connectivity index (χ0) is 41.1. The molecule has 1 aromatic heterocycles. The minimum atomic E-state index is 0.693. The van der Waals surface area contributed by atoms with Gasteiger partial charge in [-0.25, -0.2) is 9.97 Å². The van der Waals surface area contributed by atoms with Gasteiger partial charge < -0.3 is 11.5 Å². The Kier molecular flexibility index (Phi) is 12.5. The molecule has 0 aliphatic heterocycles. The van der Waals surface area contributed by atoms with Crippen molar-refractivity contribution in [2.24, 2.45) is 0 Å². The maximum atomic E-state index is 5.93. The summed E-state index contributed by atoms with van der Waals surface area (Å²) in [5.74, 6) is 0.693. The molecule has 0 spiro atoms. The van der Waals surface area contributed by atoms with Crippen LogP contribution in [0.15, 0.2) is 201 Å². The lowest BCUT2D eigenvalue weighted by molar-refractivity contribution is 1.18. The van der Waals surface area contributed by atoms with Gasteiger partial charge in [0.15, 0.2) is 5.82 Å². The van der Waals surface area contributed by atoms with E-state index in [0.717, 1.165) is 90.4 Å². The van der Waals surface area contributed by atoms with Crippen LogP contribution in [0.2, 0.25) is 0 Å². The van der Waals surface area contributed by atoms with Crippen molar-refractivity contribution in [3.8, 4) is 78.4 Å². The number of nitrogens with two attached hydrogens (primary N) is 2. The Morgan fingerprint density at radius 1 is 0.441 bits per heavy atom. The van der Waals surface area contributed by atoms with Gasteiger partial charge in [0.1, 0.15) is 0 Å². The zero-order valence-corrected chi connectivity index (χ0v) is 33.6. The molecule has 59 heavy (non-hydrogen) atoms. The molecule has 0 radical (unpaired) electrons. The SMILES string of the molecule is C/C=C\c1ccc(-c2nc(-c3ccc(-c4cccc(-c5ccc(N)cc5)c4)cc3)cc(-c3ccc(-c4cccc(-c5ccc(N)cc5)c4)cc3)n2)cc1C.C=CCC=C. The maximum Gasteiger partial charge on any atom is 0.160 e. The quantitative estimate of drug-likeness (QED) is 0.107. The van der Waals surface area contributed by atoms with Crippen LogP contribution in [0.3, 0.4) is 0 Å². The first kappa shape index (κ1) is 39.7. The summed E-state index contributed by atoms with van der Waals surface area (Å²) in [6, 6.07) is 59.0. The fourth-order valence-corrected chi connectivity index (χ4v) is 6.95. The second kappa shape index (κ2) is 18.6. The summed E-state index contributed by atoms with van der Waals surface area (Å²) >= 11 is 0. The summed E-state index contributed by atoms with van der Waals surface area (Å²) in [4.78, 5) is 10.3. The molecule has 4 heteroatoms. The van der Waals surface area contributed by atoms with Crippen LogP contribution in [0.1, 0.15) is 24.5 Å². The third kappa shape index (κ3) is 9.70. The van der Waals surface area contributed by atoms with Gasteiger partial charge >= 0.3 is 0 Å². The van der Waals surface area contributed by atoms with E-state index in [2.05, 4.69) is 178 Å². The Hall–Kier alpha value is -7.56. The highest BCUT2D eigenvalue weighted by molar-refractivity contribution is 5.79. The maximum absolute atomic E-state index is 5.93. The number of aryl methyl sites for hydroxylation is 1. The van der Waals surface area contributed by atoms with Gasteiger partial charge in [0.05, 0.1) is 11.4 Å². The van der Waals surface area contributed by atoms with Gasteiger partial charge in [-0.3, -0.25) is 0 Å². The first-order valence-corrected chi connectivity index (χ1v) is 19.8. The van der Waals surface area contributed by atoms with Gasteiger partial charge in [0, 0.05) is 28.1 Å². The highest BCUT2D eigenvalue weighted by Gasteiger charge is 2.13. The van der Waals surface area contributed by atoms with Gasteiger partial charge in [0.2, 0.25) is 0 Å². The standard InChI is InChI=1S/C50H40N4.C5H8/c1-3-6-34-11-20-45(29-33(34)2)50-53-48(39-16-12-35(13-17-39)41-7-4-9-43(30-41)37-21-25-46(51)26-22-37)32-49(54-50)40-18-14-36(15-19-40)42-8-5-10-44(31-42)38-23-27-47(52)28-24-38;1-3-5-4-2/h3-32H,51-52H2,1-2H3;3-4H,1-2,5H2/b6-3-;. The molecule has 7 aromatic carbocycles. The van der Waals surface area contributed by atoms with Crippen LogP contribution in [0.25, 0.3) is 84.5 Å². The molecule has 1 heterocycles. The number of nitrogen functional groups attached to an aromatic ring is 2. The van der Waals surface area contributed by atoms with Gasteiger partial charge in [0.25, 0.3) is 0 Å². The largest absolute Gasteiger partial charge is 0.399 e. The summed E-state index contributed by atoms with van der Waals surface area (Å²) in [5, 5.41) is 0. The second-order valence-electron chi connectivity index (χ2n) is 14.4. The first-order valence-electron chi connectivity index (χ1n) is 19.8. The average Bonchev–Trinajstić information content (AvgIpc) is 3.28. The third-order valence-electron chi connectivity index (χ3n) is 10.2. The number of allylic oxidation sites excluding steroid dienone is 3. The molecule has 0 saturated carbocycles. The highest BCUT2D eigenvalue weighted by Crippen LogP contribution is 2.33. The summed E-state index contributed by atoms with van der Waals surface area (Å²) in [5.41, 5.74) is 29.7.